The van der Waals surface area contributed by atoms with Gasteiger partial charge in [-0.15, -0.1) is 0 Å². The topological polar surface area (TPSA) is 87.7 Å². The molecule has 2 amide bonds. The van der Waals surface area contributed by atoms with E-state index in [4.69, 9.17) is 9.84 Å². The van der Waals surface area contributed by atoms with Crippen molar-refractivity contribution in [1.82, 2.24) is 5.32 Å². The number of rotatable bonds is 5. The molecule has 1 atom stereocenters. The standard InChI is InChI=1S/C12H15BrN2O4/c1-7(6-19-2)14-12(18)15-10-8(11(16)17)4-3-5-9(10)13/h3-5,7H,6H2,1-2H3,(H,16,17)(H2,14,15,18). The summed E-state index contributed by atoms with van der Waals surface area (Å²) in [5.74, 6) is -1.11. The van der Waals surface area contributed by atoms with Crippen molar-refractivity contribution in [3.05, 3.63) is 28.2 Å². The Morgan fingerprint density at radius 2 is 2.16 bits per heavy atom. The molecule has 0 saturated carbocycles. The van der Waals surface area contributed by atoms with Gasteiger partial charge in [-0.1, -0.05) is 6.07 Å². The van der Waals surface area contributed by atoms with Crippen LogP contribution in [0.3, 0.4) is 0 Å². The molecule has 0 spiro atoms. The van der Waals surface area contributed by atoms with E-state index >= 15 is 0 Å². The molecular formula is C12H15BrN2O4. The first-order valence-corrected chi connectivity index (χ1v) is 6.33. The number of ether oxygens (including phenoxy) is 1. The SMILES string of the molecule is COCC(C)NC(=O)Nc1c(Br)cccc1C(=O)O. The highest BCUT2D eigenvalue weighted by Gasteiger charge is 2.16. The van der Waals surface area contributed by atoms with E-state index in [2.05, 4.69) is 26.6 Å². The maximum absolute atomic E-state index is 11.7. The van der Waals surface area contributed by atoms with Crippen molar-refractivity contribution in [2.45, 2.75) is 13.0 Å². The Bertz CT molecular complexity index is 479. The summed E-state index contributed by atoms with van der Waals surface area (Å²) in [4.78, 5) is 22.8. The molecule has 1 aromatic carbocycles. The van der Waals surface area contributed by atoms with Crippen molar-refractivity contribution in [3.63, 3.8) is 0 Å². The van der Waals surface area contributed by atoms with Crippen LogP contribution < -0.4 is 10.6 Å². The zero-order chi connectivity index (χ0) is 14.4. The summed E-state index contributed by atoms with van der Waals surface area (Å²) in [5.41, 5.74) is 0.237. The number of benzene rings is 1. The molecule has 1 rings (SSSR count). The summed E-state index contributed by atoms with van der Waals surface area (Å²) < 4.78 is 5.40. The van der Waals surface area contributed by atoms with Crippen LogP contribution in [0.1, 0.15) is 17.3 Å². The number of aromatic carboxylic acids is 1. The van der Waals surface area contributed by atoms with Gasteiger partial charge in [-0.25, -0.2) is 9.59 Å². The quantitative estimate of drug-likeness (QED) is 0.773. The second-order valence-electron chi connectivity index (χ2n) is 3.92. The summed E-state index contributed by atoms with van der Waals surface area (Å²) >= 11 is 3.21. The number of amides is 2. The van der Waals surface area contributed by atoms with Crippen LogP contribution in [-0.2, 0) is 4.74 Å². The summed E-state index contributed by atoms with van der Waals surface area (Å²) in [7, 11) is 1.53. The van der Waals surface area contributed by atoms with E-state index in [9.17, 15) is 9.59 Å². The number of hydrogen-bond acceptors (Lipinski definition) is 3. The number of anilines is 1. The van der Waals surface area contributed by atoms with Crippen LogP contribution in [0.2, 0.25) is 0 Å². The van der Waals surface area contributed by atoms with E-state index in [1.165, 1.54) is 13.2 Å². The molecule has 0 aliphatic carbocycles. The summed E-state index contributed by atoms with van der Waals surface area (Å²) in [6, 6.07) is 3.99. The second-order valence-corrected chi connectivity index (χ2v) is 4.78. The zero-order valence-electron chi connectivity index (χ0n) is 10.6. The van der Waals surface area contributed by atoms with Crippen LogP contribution in [0.5, 0.6) is 0 Å². The number of carboxylic acid groups (broad SMARTS) is 1. The van der Waals surface area contributed by atoms with Gasteiger partial charge in [0.25, 0.3) is 0 Å². The third-order valence-corrected chi connectivity index (χ3v) is 2.94. The van der Waals surface area contributed by atoms with Gasteiger partial charge in [0.15, 0.2) is 0 Å². The summed E-state index contributed by atoms with van der Waals surface area (Å²) in [6.07, 6.45) is 0. The van der Waals surface area contributed by atoms with Crippen LogP contribution >= 0.6 is 15.9 Å². The number of halogens is 1. The van der Waals surface area contributed by atoms with Crippen molar-refractivity contribution >= 4 is 33.6 Å². The van der Waals surface area contributed by atoms with E-state index in [-0.39, 0.29) is 17.3 Å². The molecule has 6 nitrogen and oxygen atoms in total. The lowest BCUT2D eigenvalue weighted by atomic mass is 10.2. The molecular weight excluding hydrogens is 316 g/mol. The van der Waals surface area contributed by atoms with Crippen LogP contribution in [0.15, 0.2) is 22.7 Å². The number of methoxy groups -OCH3 is 1. The van der Waals surface area contributed by atoms with E-state index in [1.807, 2.05) is 0 Å². The van der Waals surface area contributed by atoms with Crippen molar-refractivity contribution in [2.24, 2.45) is 0 Å². The Hall–Kier alpha value is -1.60. The largest absolute Gasteiger partial charge is 0.478 e. The van der Waals surface area contributed by atoms with Crippen LogP contribution in [0.25, 0.3) is 0 Å². The van der Waals surface area contributed by atoms with E-state index in [1.54, 1.807) is 19.1 Å². The Balaban J connectivity index is 2.82. The van der Waals surface area contributed by atoms with Gasteiger partial charge >= 0.3 is 12.0 Å². The molecule has 0 heterocycles. The monoisotopic (exact) mass is 330 g/mol. The molecule has 104 valence electrons. The number of carbonyl (C=O) groups excluding carboxylic acids is 1. The lowest BCUT2D eigenvalue weighted by Crippen LogP contribution is -2.38. The zero-order valence-corrected chi connectivity index (χ0v) is 12.2. The molecule has 19 heavy (non-hydrogen) atoms. The van der Waals surface area contributed by atoms with Crippen molar-refractivity contribution in [1.29, 1.82) is 0 Å². The molecule has 0 aromatic heterocycles. The van der Waals surface area contributed by atoms with Crippen molar-refractivity contribution in [3.8, 4) is 0 Å². The Morgan fingerprint density at radius 3 is 2.74 bits per heavy atom. The molecule has 7 heteroatoms. The van der Waals surface area contributed by atoms with Gasteiger partial charge < -0.3 is 20.5 Å². The predicted molar refractivity (Wildman–Crippen MR) is 74.6 cm³/mol. The average molecular weight is 331 g/mol. The molecule has 0 aliphatic rings. The Morgan fingerprint density at radius 1 is 1.47 bits per heavy atom. The van der Waals surface area contributed by atoms with Crippen molar-refractivity contribution < 1.29 is 19.4 Å². The normalized spacial score (nSPS) is 11.7. The first-order valence-electron chi connectivity index (χ1n) is 5.54. The number of carbonyl (C=O) groups is 2. The molecule has 3 N–H and O–H groups in total. The second kappa shape index (κ2) is 7.10. The highest BCUT2D eigenvalue weighted by atomic mass is 79.9. The summed E-state index contributed by atoms with van der Waals surface area (Å²) in [6.45, 7) is 2.15. The van der Waals surface area contributed by atoms with Gasteiger partial charge in [-0.2, -0.15) is 0 Å². The first-order chi connectivity index (χ1) is 8.95. The Kier molecular flexibility index (Phi) is 5.78. The molecule has 0 radical (unpaired) electrons. The molecule has 0 fully saturated rings. The fourth-order valence-electron chi connectivity index (χ4n) is 1.49. The van der Waals surface area contributed by atoms with E-state index in [0.29, 0.717) is 11.1 Å². The van der Waals surface area contributed by atoms with E-state index in [0.717, 1.165) is 0 Å². The molecule has 1 unspecified atom stereocenters. The number of urea groups is 1. The number of carboxylic acids is 1. The Labute approximate surface area is 119 Å². The van der Waals surface area contributed by atoms with Gasteiger partial charge in [-0.05, 0) is 35.0 Å². The molecule has 0 saturated heterocycles. The number of nitrogens with one attached hydrogen (secondary N) is 2. The van der Waals surface area contributed by atoms with Gasteiger partial charge in [0.2, 0.25) is 0 Å². The smallest absolute Gasteiger partial charge is 0.337 e. The summed E-state index contributed by atoms with van der Waals surface area (Å²) in [5, 5.41) is 14.2. The number of para-hydroxylation sites is 1. The maximum Gasteiger partial charge on any atom is 0.337 e. The lowest BCUT2D eigenvalue weighted by Gasteiger charge is -2.15. The minimum Gasteiger partial charge on any atom is -0.478 e. The average Bonchev–Trinajstić information content (AvgIpc) is 2.31. The first kappa shape index (κ1) is 15.5. The molecule has 1 aromatic rings. The van der Waals surface area contributed by atoms with Gasteiger partial charge in [0.05, 0.1) is 23.9 Å². The fraction of sp³-hybridized carbons (Fsp3) is 0.333. The fourth-order valence-corrected chi connectivity index (χ4v) is 1.96. The molecule has 0 bridgehead atoms. The van der Waals surface area contributed by atoms with Gasteiger partial charge in [-0.3, -0.25) is 0 Å². The van der Waals surface area contributed by atoms with Crippen LogP contribution in [0.4, 0.5) is 10.5 Å². The highest BCUT2D eigenvalue weighted by Crippen LogP contribution is 2.26. The molecule has 0 aliphatic heterocycles. The third kappa shape index (κ3) is 4.53. The van der Waals surface area contributed by atoms with Crippen molar-refractivity contribution in [2.75, 3.05) is 19.0 Å². The highest BCUT2D eigenvalue weighted by molar-refractivity contribution is 9.10. The minimum atomic E-state index is -1.11. The maximum atomic E-state index is 11.7. The lowest BCUT2D eigenvalue weighted by molar-refractivity contribution is 0.0698. The van der Waals surface area contributed by atoms with E-state index < -0.39 is 12.0 Å². The van der Waals surface area contributed by atoms with Gasteiger partial charge in [0, 0.05) is 11.6 Å². The van der Waals surface area contributed by atoms with Gasteiger partial charge in [0.1, 0.15) is 0 Å². The van der Waals surface area contributed by atoms with Crippen LogP contribution in [-0.4, -0.2) is 36.9 Å². The minimum absolute atomic E-state index is 0.0175. The van der Waals surface area contributed by atoms with Crippen LogP contribution in [0, 0.1) is 0 Å². The number of hydrogen-bond donors (Lipinski definition) is 3. The third-order valence-electron chi connectivity index (χ3n) is 2.28. The predicted octanol–water partition coefficient (Wildman–Crippen LogP) is 2.30.